The maximum Gasteiger partial charge on any atom is 0.309 e. The monoisotopic (exact) mass is 1290 g/mol. The first-order chi connectivity index (χ1) is 46.2. The van der Waals surface area contributed by atoms with Gasteiger partial charge in [0.05, 0.1) is 52.6 Å². The van der Waals surface area contributed by atoms with Gasteiger partial charge in [0.1, 0.15) is 36.1 Å². The number of hydrogen-bond donors (Lipinski definition) is 3. The summed E-state index contributed by atoms with van der Waals surface area (Å²) in [6, 6.07) is 27.6. The fraction of sp³-hybridized carbons (Fsp3) is 0.443. The van der Waals surface area contributed by atoms with Crippen LogP contribution in [0.4, 0.5) is 20.4 Å². The lowest BCUT2D eigenvalue weighted by Gasteiger charge is -2.33. The summed E-state index contributed by atoms with van der Waals surface area (Å²) >= 11 is 0. The normalized spacial score (nSPS) is 18.9. The number of fused-ring (bicyclic) bond motifs is 2. The van der Waals surface area contributed by atoms with E-state index in [0.717, 1.165) is 133 Å². The van der Waals surface area contributed by atoms with Crippen molar-refractivity contribution in [1.82, 2.24) is 68.6 Å². The average Bonchev–Trinajstić information content (AvgIpc) is 1.78. The number of esters is 1. The van der Waals surface area contributed by atoms with Crippen molar-refractivity contribution in [1.29, 1.82) is 10.5 Å². The Bertz CT molecular complexity index is 4120. The van der Waals surface area contributed by atoms with Gasteiger partial charge in [0, 0.05) is 107 Å². The molecule has 2 aromatic carbocycles. The van der Waals surface area contributed by atoms with Crippen LogP contribution in [0.1, 0.15) is 81.8 Å². The highest BCUT2D eigenvalue weighted by atomic mass is 19.1. The summed E-state index contributed by atoms with van der Waals surface area (Å²) in [5.74, 6) is -0.848. The highest BCUT2D eigenvalue weighted by Crippen LogP contribution is 2.36. The molecule has 0 radical (unpaired) electrons. The lowest BCUT2D eigenvalue weighted by atomic mass is 9.96. The Hall–Kier alpha value is -9.53. The van der Waals surface area contributed by atoms with Crippen molar-refractivity contribution in [2.75, 3.05) is 103 Å². The maximum absolute atomic E-state index is 16.4. The molecule has 5 aliphatic rings. The molecule has 0 spiro atoms. The smallest absolute Gasteiger partial charge is 0.309 e. The zero-order valence-corrected chi connectivity index (χ0v) is 53.8. The first-order valence-corrected chi connectivity index (χ1v) is 33.0. The van der Waals surface area contributed by atoms with Gasteiger partial charge < -0.3 is 40.1 Å². The van der Waals surface area contributed by atoms with E-state index in [1.54, 1.807) is 43.4 Å². The zero-order valence-electron chi connectivity index (χ0n) is 53.8. The fourth-order valence-electron chi connectivity index (χ4n) is 13.4. The number of nitriles is 2. The van der Waals surface area contributed by atoms with Crippen molar-refractivity contribution in [2.24, 2.45) is 5.92 Å². The summed E-state index contributed by atoms with van der Waals surface area (Å²) in [5.41, 5.74) is 6.10. The van der Waals surface area contributed by atoms with Crippen LogP contribution in [-0.4, -0.2) is 202 Å². The first kappa shape index (κ1) is 65.5. The van der Waals surface area contributed by atoms with Crippen molar-refractivity contribution in [2.45, 2.75) is 102 Å². The number of hydrogen-bond acceptors (Lipinski definition) is 19. The van der Waals surface area contributed by atoms with Gasteiger partial charge in [0.15, 0.2) is 34.9 Å². The van der Waals surface area contributed by atoms with E-state index in [-0.39, 0.29) is 83.5 Å². The summed E-state index contributed by atoms with van der Waals surface area (Å²) in [6.45, 7) is 10.4. The third-order valence-electron chi connectivity index (χ3n) is 18.8. The summed E-state index contributed by atoms with van der Waals surface area (Å²) < 4.78 is 42.1. The number of phenols is 1. The molecule has 8 aromatic rings. The second-order valence-electron chi connectivity index (χ2n) is 25.6. The van der Waals surface area contributed by atoms with Crippen LogP contribution in [0, 0.1) is 40.2 Å². The van der Waals surface area contributed by atoms with Gasteiger partial charge >= 0.3 is 5.97 Å². The van der Waals surface area contributed by atoms with E-state index in [4.69, 9.17) is 25.2 Å². The maximum atomic E-state index is 16.4. The number of benzene rings is 2. The summed E-state index contributed by atoms with van der Waals surface area (Å²) in [7, 11) is 4.21. The van der Waals surface area contributed by atoms with E-state index in [0.29, 0.717) is 72.2 Å². The van der Waals surface area contributed by atoms with E-state index in [2.05, 4.69) is 64.5 Å². The number of anilines is 2. The Kier molecular flexibility index (Phi) is 20.9. The number of amides is 2. The number of likely N-dealkylation sites (N-methyl/N-ethyl adjacent to an activating group) is 1. The summed E-state index contributed by atoms with van der Waals surface area (Å²) in [5, 5.41) is 44.1. The Morgan fingerprint density at radius 1 is 0.589 bits per heavy atom. The van der Waals surface area contributed by atoms with E-state index in [1.165, 1.54) is 0 Å². The minimum atomic E-state index is -0.612. The third-order valence-corrected chi connectivity index (χ3v) is 18.8. The summed E-state index contributed by atoms with van der Waals surface area (Å²) in [4.78, 5) is 69.0. The van der Waals surface area contributed by atoms with E-state index in [9.17, 15) is 19.5 Å². The lowest BCUT2D eigenvalue weighted by molar-refractivity contribution is -0.157. The Morgan fingerprint density at radius 3 is 1.69 bits per heavy atom. The SMILES string of the molecule is CN1CCC(OC(=O)C2CCN(Cc3ccc(-c4nc(-c5cnn6ccccc56)nc(N[C@@H]5CCCN(C(=O)CC#N)C5)c4F)cc3)CC2)CC1.CN1CCCN(Cc2cc(-c3nc(-c4cnn5ccccc45)nc(N[C@@H]4CCCN(C(=O)CC#N)C4)c3F)ccc2O)CC1. The molecular weight excluding hydrogens is 1210 g/mol. The molecule has 0 saturated carbocycles. The lowest BCUT2D eigenvalue weighted by Crippen LogP contribution is -2.45. The molecule has 0 aliphatic carbocycles. The highest BCUT2D eigenvalue weighted by molar-refractivity contribution is 5.81. The van der Waals surface area contributed by atoms with Gasteiger partial charge in [-0.2, -0.15) is 20.7 Å². The van der Waals surface area contributed by atoms with Gasteiger partial charge in [-0.25, -0.2) is 37.7 Å². The first-order valence-electron chi connectivity index (χ1n) is 33.0. The largest absolute Gasteiger partial charge is 0.508 e. The van der Waals surface area contributed by atoms with Crippen LogP contribution >= 0.6 is 0 Å². The van der Waals surface area contributed by atoms with Crippen LogP contribution in [0.3, 0.4) is 0 Å². The second kappa shape index (κ2) is 30.3. The van der Waals surface area contributed by atoms with Gasteiger partial charge in [-0.1, -0.05) is 36.4 Å². The Labute approximate surface area is 550 Å². The Morgan fingerprint density at radius 2 is 1.13 bits per heavy atom. The van der Waals surface area contributed by atoms with Crippen LogP contribution in [-0.2, 0) is 32.2 Å². The highest BCUT2D eigenvalue weighted by Gasteiger charge is 2.32. The number of halogens is 2. The van der Waals surface area contributed by atoms with Gasteiger partial charge in [0.25, 0.3) is 0 Å². The van der Waals surface area contributed by atoms with Crippen molar-refractivity contribution in [3.8, 4) is 63.2 Å². The molecule has 5 saturated heterocycles. The van der Waals surface area contributed by atoms with Gasteiger partial charge in [-0.3, -0.25) is 24.2 Å². The number of piperidine rings is 4. The predicted octanol–water partition coefficient (Wildman–Crippen LogP) is 8.52. The van der Waals surface area contributed by atoms with Crippen LogP contribution < -0.4 is 10.6 Å². The molecule has 25 heteroatoms. The minimum Gasteiger partial charge on any atom is -0.508 e. The molecule has 5 aliphatic heterocycles. The zero-order chi connectivity index (χ0) is 66.0. The molecule has 95 heavy (non-hydrogen) atoms. The van der Waals surface area contributed by atoms with Crippen molar-refractivity contribution in [3.05, 3.63) is 126 Å². The van der Waals surface area contributed by atoms with Gasteiger partial charge in [-0.15, -0.1) is 0 Å². The van der Waals surface area contributed by atoms with E-state index in [1.807, 2.05) is 91.3 Å². The molecule has 11 heterocycles. The number of phenolic OH excluding ortho intramolecular Hbond substituents is 1. The molecule has 0 bridgehead atoms. The number of carbonyl (C=O) groups excluding carboxylic acids is 3. The standard InChI is InChI=1S/C38H44FN9O3.C32H36FN9O2/c1-45-19-14-30(15-20-45)51-38(50)28-12-21-46(22-13-28)24-26-7-9-27(10-8-26)35-34(39)37(42-29-5-4-17-47(25-29)33(49)11-16-40)44-36(43-35)31-23-41-48-18-3-2-6-32(31)48;1-39-12-5-13-40(17-16-39)20-23-18-22(8-9-27(23)43)30-29(33)32(36-24-6-4-14-41(21-24)28(44)10-11-34)38-31(37-30)25-19-35-42-15-3-2-7-26(25)42/h2-3,6-10,18,23,28-30H,4-5,11-15,17,19-22,24-25H2,1H3,(H,42,43,44);2-3,7-9,15,18-19,24,43H,4-6,10,12-14,16-17,20-21H2,1H3,(H,36,37,38)/t29-;24-/m11/s1. The molecular formula is C70H80F2N18O5. The van der Waals surface area contributed by atoms with Crippen molar-refractivity contribution < 1.29 is 33.0 Å². The molecule has 0 unspecified atom stereocenters. The van der Waals surface area contributed by atoms with Gasteiger partial charge in [-0.05, 0) is 146 Å². The van der Waals surface area contributed by atoms with E-state index < -0.39 is 11.6 Å². The number of nitrogens with one attached hydrogen (secondary N) is 2. The molecule has 494 valence electrons. The molecule has 6 aromatic heterocycles. The number of aromatic hydroxyl groups is 1. The fourth-order valence-corrected chi connectivity index (χ4v) is 13.4. The summed E-state index contributed by atoms with van der Waals surface area (Å²) in [6.07, 6.45) is 14.0. The molecule has 2 atom stereocenters. The van der Waals surface area contributed by atoms with Gasteiger partial charge in [0.2, 0.25) is 11.8 Å². The predicted molar refractivity (Wildman–Crippen MR) is 354 cm³/mol. The number of rotatable bonds is 16. The number of likely N-dealkylation sites (tertiary alicyclic amines) is 4. The van der Waals surface area contributed by atoms with Crippen LogP contribution in [0.15, 0.2) is 104 Å². The van der Waals surface area contributed by atoms with Crippen LogP contribution in [0.2, 0.25) is 0 Å². The molecule has 3 N–H and O–H groups in total. The number of nitrogens with zero attached hydrogens (tertiary/aromatic N) is 16. The topological polar surface area (TPSA) is 258 Å². The van der Waals surface area contributed by atoms with Crippen LogP contribution in [0.5, 0.6) is 5.75 Å². The number of pyridine rings is 2. The quantitative estimate of drug-likeness (QED) is 0.0766. The minimum absolute atomic E-state index is 0.0324. The number of ether oxygens (including phenoxy) is 1. The molecule has 5 fully saturated rings. The third kappa shape index (κ3) is 15.8. The average molecular weight is 1290 g/mol. The molecule has 2 amide bonds. The Balaban J connectivity index is 0.000000184. The van der Waals surface area contributed by atoms with E-state index >= 15 is 8.78 Å². The van der Waals surface area contributed by atoms with Crippen molar-refractivity contribution >= 4 is 40.5 Å². The number of carbonyl (C=O) groups is 3. The van der Waals surface area contributed by atoms with Crippen LogP contribution in [0.25, 0.3) is 56.3 Å². The molecule has 13 rings (SSSR count). The molecule has 23 nitrogen and oxygen atoms in total. The number of aromatic nitrogens is 8. The van der Waals surface area contributed by atoms with Crippen molar-refractivity contribution in [3.63, 3.8) is 0 Å². The second-order valence-corrected chi connectivity index (χ2v) is 25.6.